The molecule has 2 N–H and O–H groups in total. The van der Waals surface area contributed by atoms with E-state index in [1.54, 1.807) is 24.3 Å². The number of hydrogen-bond acceptors (Lipinski definition) is 3. The number of oxime groups is 1. The van der Waals surface area contributed by atoms with E-state index in [-0.39, 0.29) is 18.9 Å². The molecule has 0 bridgehead atoms. The van der Waals surface area contributed by atoms with Crippen molar-refractivity contribution >= 4 is 11.7 Å². The summed E-state index contributed by atoms with van der Waals surface area (Å²) in [6.45, 7) is -3.00. The molecule has 0 heterocycles. The molecule has 29 heavy (non-hydrogen) atoms. The van der Waals surface area contributed by atoms with Gasteiger partial charge in [0.1, 0.15) is 23.8 Å². The van der Waals surface area contributed by atoms with Crippen molar-refractivity contribution in [2.75, 3.05) is 6.61 Å². The highest BCUT2D eigenvalue weighted by Crippen LogP contribution is 2.30. The van der Waals surface area contributed by atoms with Crippen LogP contribution in [0.1, 0.15) is 24.0 Å². The van der Waals surface area contributed by atoms with Gasteiger partial charge in [0.05, 0.1) is 0 Å². The molecule has 0 spiro atoms. The van der Waals surface area contributed by atoms with E-state index in [0.717, 1.165) is 24.5 Å². The molecule has 0 aliphatic heterocycles. The third-order valence-corrected chi connectivity index (χ3v) is 4.13. The van der Waals surface area contributed by atoms with Gasteiger partial charge < -0.3 is 15.3 Å². The standard InChI is InChI=1S/C20H19F4N3O2/c21-14-8-9-15(29-20(23)24)17(18(14)22)19(27-28-11-13-6-7-13)26-16(25)10-12-4-2-1-3-5-12/h1-5,8-9,13,20H,6-7,10-11H2,(H2,25,26,27). The summed E-state index contributed by atoms with van der Waals surface area (Å²) in [7, 11) is 0. The number of hydrogen-bond donors (Lipinski definition) is 1. The minimum Gasteiger partial charge on any atom is -0.434 e. The van der Waals surface area contributed by atoms with Gasteiger partial charge >= 0.3 is 6.61 Å². The summed E-state index contributed by atoms with van der Waals surface area (Å²) < 4.78 is 58.1. The fourth-order valence-corrected chi connectivity index (χ4v) is 2.53. The van der Waals surface area contributed by atoms with Crippen molar-refractivity contribution in [1.82, 2.24) is 0 Å². The molecule has 154 valence electrons. The average molecular weight is 409 g/mol. The maximum absolute atomic E-state index is 14.5. The maximum Gasteiger partial charge on any atom is 0.387 e. The molecule has 0 radical (unpaired) electrons. The number of nitrogens with zero attached hydrogens (tertiary/aromatic N) is 2. The smallest absolute Gasteiger partial charge is 0.387 e. The van der Waals surface area contributed by atoms with E-state index in [2.05, 4.69) is 14.9 Å². The van der Waals surface area contributed by atoms with E-state index in [1.807, 2.05) is 6.07 Å². The van der Waals surface area contributed by atoms with Crippen LogP contribution in [0.25, 0.3) is 0 Å². The first-order chi connectivity index (χ1) is 13.9. The lowest BCUT2D eigenvalue weighted by Gasteiger charge is -2.12. The van der Waals surface area contributed by atoms with Gasteiger partial charge in [0, 0.05) is 6.42 Å². The summed E-state index contributed by atoms with van der Waals surface area (Å²) in [5.41, 5.74) is 6.07. The second kappa shape index (κ2) is 9.40. The molecule has 5 nitrogen and oxygen atoms in total. The first-order valence-corrected chi connectivity index (χ1v) is 8.94. The fraction of sp³-hybridized carbons (Fsp3) is 0.300. The molecular weight excluding hydrogens is 390 g/mol. The summed E-state index contributed by atoms with van der Waals surface area (Å²) in [5, 5.41) is 3.74. The zero-order valence-electron chi connectivity index (χ0n) is 15.3. The zero-order chi connectivity index (χ0) is 20.8. The number of amidine groups is 2. The van der Waals surface area contributed by atoms with Crippen LogP contribution in [0.2, 0.25) is 0 Å². The van der Waals surface area contributed by atoms with Crippen molar-refractivity contribution in [2.45, 2.75) is 25.9 Å². The average Bonchev–Trinajstić information content (AvgIpc) is 3.49. The number of halogens is 4. The fourth-order valence-electron chi connectivity index (χ4n) is 2.53. The number of ether oxygens (including phenoxy) is 1. The Morgan fingerprint density at radius 2 is 1.83 bits per heavy atom. The summed E-state index contributed by atoms with van der Waals surface area (Å²) >= 11 is 0. The number of rotatable bonds is 8. The molecule has 9 heteroatoms. The molecule has 3 rings (SSSR count). The molecule has 2 aromatic rings. The third-order valence-electron chi connectivity index (χ3n) is 4.13. The van der Waals surface area contributed by atoms with Crippen LogP contribution < -0.4 is 10.5 Å². The van der Waals surface area contributed by atoms with Gasteiger partial charge in [-0.15, -0.1) is 0 Å². The summed E-state index contributed by atoms with van der Waals surface area (Å²) in [6, 6.07) is 10.6. The number of benzene rings is 2. The first-order valence-electron chi connectivity index (χ1n) is 8.94. The Labute approximate surface area is 164 Å². The molecular formula is C20H19F4N3O2. The van der Waals surface area contributed by atoms with E-state index in [4.69, 9.17) is 10.6 Å². The Bertz CT molecular complexity index is 900. The van der Waals surface area contributed by atoms with Gasteiger partial charge in [-0.05, 0) is 36.5 Å². The SMILES string of the molecule is NC(Cc1ccccc1)=N/C(=N/OCC1CC1)c1c(OC(F)F)ccc(F)c1F. The van der Waals surface area contributed by atoms with Gasteiger partial charge in [0.25, 0.3) is 0 Å². The van der Waals surface area contributed by atoms with Crippen LogP contribution in [-0.4, -0.2) is 24.9 Å². The Morgan fingerprint density at radius 3 is 2.48 bits per heavy atom. The number of nitrogens with two attached hydrogens (primary N) is 1. The van der Waals surface area contributed by atoms with Crippen molar-refractivity contribution in [3.8, 4) is 5.75 Å². The monoisotopic (exact) mass is 409 g/mol. The van der Waals surface area contributed by atoms with Crippen LogP contribution in [0.3, 0.4) is 0 Å². The molecule has 0 saturated heterocycles. The van der Waals surface area contributed by atoms with Crippen LogP contribution >= 0.6 is 0 Å². The van der Waals surface area contributed by atoms with Gasteiger partial charge in [-0.2, -0.15) is 8.78 Å². The quantitative estimate of drug-likeness (QED) is 0.307. The highest BCUT2D eigenvalue weighted by Gasteiger charge is 2.25. The summed E-state index contributed by atoms with van der Waals surface area (Å²) in [5.74, 6) is -3.48. The van der Waals surface area contributed by atoms with Crippen LogP contribution in [-0.2, 0) is 11.3 Å². The Morgan fingerprint density at radius 1 is 1.10 bits per heavy atom. The molecule has 0 unspecified atom stereocenters. The van der Waals surface area contributed by atoms with E-state index in [1.165, 1.54) is 0 Å². The Kier molecular flexibility index (Phi) is 6.69. The highest BCUT2D eigenvalue weighted by molar-refractivity contribution is 6.08. The topological polar surface area (TPSA) is 69.2 Å². The molecule has 1 aliphatic rings. The van der Waals surface area contributed by atoms with E-state index < -0.39 is 35.4 Å². The van der Waals surface area contributed by atoms with E-state index >= 15 is 0 Å². The van der Waals surface area contributed by atoms with Crippen LogP contribution in [0, 0.1) is 17.6 Å². The van der Waals surface area contributed by atoms with Crippen molar-refractivity contribution < 1.29 is 27.1 Å². The van der Waals surface area contributed by atoms with Crippen molar-refractivity contribution in [2.24, 2.45) is 21.8 Å². The van der Waals surface area contributed by atoms with Crippen LogP contribution in [0.5, 0.6) is 5.75 Å². The molecule has 0 aromatic heterocycles. The van der Waals surface area contributed by atoms with Gasteiger partial charge in [-0.25, -0.2) is 13.8 Å². The van der Waals surface area contributed by atoms with Crippen LogP contribution in [0.4, 0.5) is 17.6 Å². The molecule has 1 fully saturated rings. The predicted molar refractivity (Wildman–Crippen MR) is 100.0 cm³/mol. The Balaban J connectivity index is 1.96. The lowest BCUT2D eigenvalue weighted by atomic mass is 10.1. The van der Waals surface area contributed by atoms with Gasteiger partial charge in [-0.1, -0.05) is 35.5 Å². The molecule has 1 saturated carbocycles. The summed E-state index contributed by atoms with van der Waals surface area (Å²) in [4.78, 5) is 9.19. The Hall–Kier alpha value is -3.10. The molecule has 1 aliphatic carbocycles. The second-order valence-corrected chi connectivity index (χ2v) is 6.53. The van der Waals surface area contributed by atoms with Crippen molar-refractivity contribution in [3.63, 3.8) is 0 Å². The number of alkyl halides is 2. The van der Waals surface area contributed by atoms with Crippen molar-refractivity contribution in [1.29, 1.82) is 0 Å². The molecule has 0 amide bonds. The molecule has 0 atom stereocenters. The first kappa shape index (κ1) is 20.6. The third kappa shape index (κ3) is 5.94. The van der Waals surface area contributed by atoms with Gasteiger partial charge in [0.2, 0.25) is 5.84 Å². The maximum atomic E-state index is 14.5. The lowest BCUT2D eigenvalue weighted by Crippen LogP contribution is -2.19. The van der Waals surface area contributed by atoms with Gasteiger partial charge in [0.15, 0.2) is 11.6 Å². The highest BCUT2D eigenvalue weighted by atomic mass is 19.3. The summed E-state index contributed by atoms with van der Waals surface area (Å²) in [6.07, 6.45) is 2.13. The molecule has 2 aromatic carbocycles. The van der Waals surface area contributed by atoms with E-state index in [0.29, 0.717) is 12.0 Å². The van der Waals surface area contributed by atoms with E-state index in [9.17, 15) is 17.6 Å². The minimum absolute atomic E-state index is 0.0108. The normalized spacial score (nSPS) is 14.9. The second-order valence-electron chi connectivity index (χ2n) is 6.53. The van der Waals surface area contributed by atoms with Crippen molar-refractivity contribution in [3.05, 3.63) is 65.2 Å². The minimum atomic E-state index is -3.25. The lowest BCUT2D eigenvalue weighted by molar-refractivity contribution is -0.0502. The largest absolute Gasteiger partial charge is 0.434 e. The zero-order valence-corrected chi connectivity index (χ0v) is 15.3. The predicted octanol–water partition coefficient (Wildman–Crippen LogP) is 4.25. The van der Waals surface area contributed by atoms with Crippen LogP contribution in [0.15, 0.2) is 52.6 Å². The van der Waals surface area contributed by atoms with Gasteiger partial charge in [-0.3, -0.25) is 0 Å². The number of aliphatic imine (C=N–C) groups is 1.